The van der Waals surface area contributed by atoms with Crippen LogP contribution in [0.2, 0.25) is 0 Å². The normalized spacial score (nSPS) is 15.7. The average molecular weight is 472 g/mol. The Morgan fingerprint density at radius 2 is 1.97 bits per heavy atom. The number of hydrogen-bond donors (Lipinski definition) is 2. The third-order valence-electron chi connectivity index (χ3n) is 5.23. The molecular weight excluding hydrogens is 442 g/mol. The van der Waals surface area contributed by atoms with E-state index in [0.717, 1.165) is 10.4 Å². The topological polar surface area (TPSA) is 110 Å². The van der Waals surface area contributed by atoms with Gasteiger partial charge >= 0.3 is 5.97 Å². The third-order valence-corrected chi connectivity index (χ3v) is 6.70. The van der Waals surface area contributed by atoms with Crippen molar-refractivity contribution in [1.29, 1.82) is 5.26 Å². The first-order chi connectivity index (χ1) is 15.5. The summed E-state index contributed by atoms with van der Waals surface area (Å²) in [6.45, 7) is 9.99. The number of rotatable bonds is 7. The Kier molecular flexibility index (Phi) is 7.00. The van der Waals surface area contributed by atoms with E-state index < -0.39 is 11.9 Å². The fourth-order valence-corrected chi connectivity index (χ4v) is 5.48. The molecule has 0 saturated heterocycles. The van der Waals surface area contributed by atoms with Crippen molar-refractivity contribution in [1.82, 2.24) is 5.32 Å². The lowest BCUT2D eigenvalue weighted by molar-refractivity contribution is -0.118. The van der Waals surface area contributed by atoms with Crippen molar-refractivity contribution >= 4 is 28.2 Å². The first-order valence-corrected chi connectivity index (χ1v) is 11.5. The quantitative estimate of drug-likeness (QED) is 0.588. The minimum absolute atomic E-state index is 0.227. The molecular formula is C24H29N3O5S. The molecule has 1 aliphatic rings. The summed E-state index contributed by atoms with van der Waals surface area (Å²) in [5.41, 5.74) is 1.13. The predicted octanol–water partition coefficient (Wildman–Crippen LogP) is 3.98. The average Bonchev–Trinajstić information content (AvgIpc) is 3.09. The summed E-state index contributed by atoms with van der Waals surface area (Å²) < 4.78 is 16.2. The van der Waals surface area contributed by atoms with Gasteiger partial charge in [-0.05, 0) is 58.7 Å². The maximum absolute atomic E-state index is 12.9. The van der Waals surface area contributed by atoms with Crippen LogP contribution in [0, 0.1) is 11.3 Å². The van der Waals surface area contributed by atoms with Crippen LogP contribution in [0.1, 0.15) is 61.0 Å². The molecule has 2 aromatic rings. The number of amides is 1. The van der Waals surface area contributed by atoms with Gasteiger partial charge in [0.1, 0.15) is 5.00 Å². The van der Waals surface area contributed by atoms with Crippen LogP contribution >= 0.6 is 11.3 Å². The molecule has 0 saturated carbocycles. The molecule has 1 aromatic heterocycles. The van der Waals surface area contributed by atoms with Crippen molar-refractivity contribution in [2.24, 2.45) is 0 Å². The van der Waals surface area contributed by atoms with Crippen LogP contribution in [0.25, 0.3) is 0 Å². The first kappa shape index (κ1) is 24.6. The molecule has 0 bridgehead atoms. The van der Waals surface area contributed by atoms with Gasteiger partial charge in [-0.2, -0.15) is 5.26 Å². The molecule has 8 nitrogen and oxygen atoms in total. The first-order valence-electron chi connectivity index (χ1n) is 10.6. The van der Waals surface area contributed by atoms with Crippen LogP contribution in [0.4, 0.5) is 5.00 Å². The molecule has 9 heteroatoms. The molecule has 1 aromatic carbocycles. The Balaban J connectivity index is 1.86. The van der Waals surface area contributed by atoms with Gasteiger partial charge < -0.3 is 24.8 Å². The lowest BCUT2D eigenvalue weighted by Crippen LogP contribution is -2.55. The lowest BCUT2D eigenvalue weighted by atomic mass is 9.81. The summed E-state index contributed by atoms with van der Waals surface area (Å²) in [6, 6.07) is 6.73. The molecule has 1 amide bonds. The fourth-order valence-electron chi connectivity index (χ4n) is 4.20. The van der Waals surface area contributed by atoms with Crippen LogP contribution in [0.15, 0.2) is 18.2 Å². The molecule has 0 spiro atoms. The minimum atomic E-state index is -0.450. The van der Waals surface area contributed by atoms with Crippen molar-refractivity contribution in [3.63, 3.8) is 0 Å². The van der Waals surface area contributed by atoms with Crippen molar-refractivity contribution < 1.29 is 23.8 Å². The summed E-state index contributed by atoms with van der Waals surface area (Å²) in [5.74, 6) is -0.172. The van der Waals surface area contributed by atoms with Crippen LogP contribution in [-0.4, -0.2) is 37.7 Å². The van der Waals surface area contributed by atoms with Gasteiger partial charge in [0, 0.05) is 22.0 Å². The zero-order valence-electron chi connectivity index (χ0n) is 19.8. The summed E-state index contributed by atoms with van der Waals surface area (Å²) in [4.78, 5) is 26.6. The second-order valence-electron chi connectivity index (χ2n) is 8.96. The number of carbonyl (C=O) groups excluding carboxylic acids is 2. The second-order valence-corrected chi connectivity index (χ2v) is 9.98. The van der Waals surface area contributed by atoms with Gasteiger partial charge in [0.15, 0.2) is 18.1 Å². The smallest absolute Gasteiger partial charge is 0.341 e. The van der Waals surface area contributed by atoms with Gasteiger partial charge in [-0.1, -0.05) is 0 Å². The molecule has 0 aliphatic carbocycles. The van der Waals surface area contributed by atoms with Crippen LogP contribution in [0.3, 0.4) is 0 Å². The van der Waals surface area contributed by atoms with Gasteiger partial charge in [0.05, 0.1) is 30.9 Å². The number of hydrogen-bond acceptors (Lipinski definition) is 8. The third kappa shape index (κ3) is 5.29. The number of anilines is 1. The van der Waals surface area contributed by atoms with E-state index in [2.05, 4.69) is 38.3 Å². The Morgan fingerprint density at radius 3 is 2.61 bits per heavy atom. The van der Waals surface area contributed by atoms with Crippen molar-refractivity contribution in [3.05, 3.63) is 39.8 Å². The molecule has 0 unspecified atom stereocenters. The summed E-state index contributed by atoms with van der Waals surface area (Å²) in [5, 5.41) is 15.9. The van der Waals surface area contributed by atoms with Crippen molar-refractivity contribution in [2.75, 3.05) is 25.6 Å². The summed E-state index contributed by atoms with van der Waals surface area (Å²) in [7, 11) is 1.46. The van der Waals surface area contributed by atoms with E-state index in [1.165, 1.54) is 24.5 Å². The van der Waals surface area contributed by atoms with Crippen LogP contribution < -0.4 is 20.1 Å². The summed E-state index contributed by atoms with van der Waals surface area (Å²) >= 11 is 1.37. The van der Waals surface area contributed by atoms with Crippen molar-refractivity contribution in [3.8, 4) is 17.6 Å². The lowest BCUT2D eigenvalue weighted by Gasteiger charge is -2.42. The number of nitriles is 1. The Labute approximate surface area is 197 Å². The Hall–Kier alpha value is -3.09. The van der Waals surface area contributed by atoms with Gasteiger partial charge in [0.25, 0.3) is 5.91 Å². The fraction of sp³-hybridized carbons (Fsp3) is 0.458. The van der Waals surface area contributed by atoms with Crippen LogP contribution in [0.5, 0.6) is 11.5 Å². The number of esters is 1. The number of methoxy groups -OCH3 is 1. The highest BCUT2D eigenvalue weighted by Crippen LogP contribution is 2.45. The van der Waals surface area contributed by atoms with E-state index in [1.807, 2.05) is 6.07 Å². The van der Waals surface area contributed by atoms with Crippen molar-refractivity contribution in [2.45, 2.75) is 52.1 Å². The van der Waals surface area contributed by atoms with E-state index in [1.54, 1.807) is 19.1 Å². The molecule has 176 valence electrons. The maximum atomic E-state index is 12.9. The van der Waals surface area contributed by atoms with E-state index in [0.29, 0.717) is 34.0 Å². The zero-order chi connectivity index (χ0) is 24.4. The molecule has 2 heterocycles. The number of benzene rings is 1. The predicted molar refractivity (Wildman–Crippen MR) is 126 cm³/mol. The molecule has 33 heavy (non-hydrogen) atoms. The number of ether oxygens (including phenoxy) is 3. The largest absolute Gasteiger partial charge is 0.493 e. The maximum Gasteiger partial charge on any atom is 0.341 e. The Morgan fingerprint density at radius 1 is 1.24 bits per heavy atom. The number of nitrogens with zero attached hydrogens (tertiary/aromatic N) is 1. The van der Waals surface area contributed by atoms with E-state index in [4.69, 9.17) is 19.5 Å². The number of nitrogens with one attached hydrogen (secondary N) is 2. The molecule has 0 fully saturated rings. The number of thiophene rings is 1. The highest BCUT2D eigenvalue weighted by Gasteiger charge is 2.42. The molecule has 3 rings (SSSR count). The van der Waals surface area contributed by atoms with E-state index >= 15 is 0 Å². The van der Waals surface area contributed by atoms with Gasteiger partial charge in [-0.25, -0.2) is 4.79 Å². The second kappa shape index (κ2) is 9.41. The minimum Gasteiger partial charge on any atom is -0.493 e. The monoisotopic (exact) mass is 471 g/mol. The Bertz CT molecular complexity index is 1110. The van der Waals surface area contributed by atoms with Gasteiger partial charge in [0.2, 0.25) is 0 Å². The van der Waals surface area contributed by atoms with E-state index in [-0.39, 0.29) is 24.3 Å². The number of fused-ring (bicyclic) bond motifs is 1. The molecule has 0 atom stereocenters. The summed E-state index contributed by atoms with van der Waals surface area (Å²) in [6.07, 6.45) is 0.630. The number of carbonyl (C=O) groups is 2. The standard InChI is InChI=1S/C24H29N3O5S/c1-7-31-22(29)19-15-11-23(2,3)27-24(4,5)20(15)33-21(19)26-18(28)13-32-16-9-8-14(12-25)10-17(16)30-6/h8-10,27H,7,11,13H2,1-6H3,(H,26,28). The molecule has 0 radical (unpaired) electrons. The zero-order valence-corrected chi connectivity index (χ0v) is 20.6. The SMILES string of the molecule is CCOC(=O)c1c(NC(=O)COc2ccc(C#N)cc2OC)sc2c1CC(C)(C)NC2(C)C. The molecule has 2 N–H and O–H groups in total. The molecule has 1 aliphatic heterocycles. The van der Waals surface area contributed by atoms with E-state index in [9.17, 15) is 9.59 Å². The van der Waals surface area contributed by atoms with Crippen LogP contribution in [-0.2, 0) is 21.5 Å². The highest BCUT2D eigenvalue weighted by molar-refractivity contribution is 7.17. The van der Waals surface area contributed by atoms with Gasteiger partial charge in [-0.15, -0.1) is 11.3 Å². The van der Waals surface area contributed by atoms with Gasteiger partial charge in [-0.3, -0.25) is 4.79 Å². The highest BCUT2D eigenvalue weighted by atomic mass is 32.1.